The standard InChI is InChI=1S/C13H16ClN3O/c1-9-16-13(15-2)12(8-18)17(9)7-10-3-5-11(14)6-4-10/h3-6,15,18H,7-8H2,1-2H3. The molecule has 0 aliphatic carbocycles. The summed E-state index contributed by atoms with van der Waals surface area (Å²) in [7, 11) is 1.80. The first-order valence-corrected chi connectivity index (χ1v) is 6.12. The number of aliphatic hydroxyl groups is 1. The van der Waals surface area contributed by atoms with E-state index in [1.165, 1.54) is 0 Å². The zero-order valence-electron chi connectivity index (χ0n) is 10.4. The van der Waals surface area contributed by atoms with E-state index in [2.05, 4.69) is 10.3 Å². The van der Waals surface area contributed by atoms with Crippen molar-refractivity contribution in [2.24, 2.45) is 0 Å². The van der Waals surface area contributed by atoms with Gasteiger partial charge in [0.1, 0.15) is 11.6 Å². The summed E-state index contributed by atoms with van der Waals surface area (Å²) in [6, 6.07) is 7.67. The van der Waals surface area contributed by atoms with Gasteiger partial charge in [0.2, 0.25) is 0 Å². The first-order valence-electron chi connectivity index (χ1n) is 5.74. The molecule has 0 radical (unpaired) electrons. The number of rotatable bonds is 4. The lowest BCUT2D eigenvalue weighted by Crippen LogP contribution is -2.07. The summed E-state index contributed by atoms with van der Waals surface area (Å²) < 4.78 is 2.00. The number of aromatic nitrogens is 2. The normalized spacial score (nSPS) is 10.7. The zero-order valence-corrected chi connectivity index (χ0v) is 11.2. The molecule has 5 heteroatoms. The number of imidazole rings is 1. The Morgan fingerprint density at radius 2 is 2.00 bits per heavy atom. The molecule has 2 rings (SSSR count). The average Bonchev–Trinajstić information content (AvgIpc) is 2.68. The van der Waals surface area contributed by atoms with E-state index in [9.17, 15) is 5.11 Å². The van der Waals surface area contributed by atoms with Crippen molar-refractivity contribution >= 4 is 17.4 Å². The number of halogens is 1. The monoisotopic (exact) mass is 265 g/mol. The highest BCUT2D eigenvalue weighted by atomic mass is 35.5. The Morgan fingerprint density at radius 1 is 1.33 bits per heavy atom. The van der Waals surface area contributed by atoms with E-state index in [0.717, 1.165) is 27.9 Å². The molecule has 1 aromatic carbocycles. The maximum Gasteiger partial charge on any atom is 0.149 e. The van der Waals surface area contributed by atoms with E-state index in [1.807, 2.05) is 35.8 Å². The van der Waals surface area contributed by atoms with Crippen molar-refractivity contribution < 1.29 is 5.11 Å². The summed E-state index contributed by atoms with van der Waals surface area (Å²) in [6.45, 7) is 2.56. The van der Waals surface area contributed by atoms with Gasteiger partial charge in [-0.1, -0.05) is 23.7 Å². The third kappa shape index (κ3) is 2.49. The van der Waals surface area contributed by atoms with Gasteiger partial charge in [-0.05, 0) is 24.6 Å². The van der Waals surface area contributed by atoms with Crippen molar-refractivity contribution in [1.29, 1.82) is 0 Å². The van der Waals surface area contributed by atoms with Crippen LogP contribution in [0.15, 0.2) is 24.3 Å². The van der Waals surface area contributed by atoms with E-state index in [0.29, 0.717) is 6.54 Å². The van der Waals surface area contributed by atoms with Crippen LogP contribution in [0.3, 0.4) is 0 Å². The molecule has 0 amide bonds. The fourth-order valence-corrected chi connectivity index (χ4v) is 2.08. The highest BCUT2D eigenvalue weighted by molar-refractivity contribution is 6.30. The van der Waals surface area contributed by atoms with Crippen molar-refractivity contribution in [3.8, 4) is 0 Å². The van der Waals surface area contributed by atoms with Crippen LogP contribution in [0.2, 0.25) is 5.02 Å². The largest absolute Gasteiger partial charge is 0.390 e. The second-order valence-electron chi connectivity index (χ2n) is 4.08. The molecular formula is C13H16ClN3O. The van der Waals surface area contributed by atoms with Crippen LogP contribution in [0.1, 0.15) is 17.1 Å². The van der Waals surface area contributed by atoms with E-state index in [-0.39, 0.29) is 6.61 Å². The Morgan fingerprint density at radius 3 is 2.56 bits per heavy atom. The lowest BCUT2D eigenvalue weighted by atomic mass is 10.2. The number of anilines is 1. The summed E-state index contributed by atoms with van der Waals surface area (Å²) in [5.74, 6) is 1.60. The van der Waals surface area contributed by atoms with Crippen LogP contribution in [0.25, 0.3) is 0 Å². The quantitative estimate of drug-likeness (QED) is 0.893. The van der Waals surface area contributed by atoms with Gasteiger partial charge in [-0.2, -0.15) is 0 Å². The molecule has 0 saturated carbocycles. The molecule has 0 aliphatic rings. The summed E-state index contributed by atoms with van der Waals surface area (Å²) >= 11 is 5.86. The smallest absolute Gasteiger partial charge is 0.149 e. The van der Waals surface area contributed by atoms with Crippen LogP contribution in [0.5, 0.6) is 0 Å². The topological polar surface area (TPSA) is 50.1 Å². The van der Waals surface area contributed by atoms with Crippen molar-refractivity contribution in [2.45, 2.75) is 20.1 Å². The second kappa shape index (κ2) is 5.42. The Balaban J connectivity index is 2.33. The number of aryl methyl sites for hydroxylation is 1. The molecule has 0 spiro atoms. The minimum atomic E-state index is -0.0371. The average molecular weight is 266 g/mol. The van der Waals surface area contributed by atoms with Crippen LogP contribution in [-0.4, -0.2) is 21.7 Å². The van der Waals surface area contributed by atoms with Crippen LogP contribution in [0, 0.1) is 6.92 Å². The zero-order chi connectivity index (χ0) is 13.1. The van der Waals surface area contributed by atoms with Gasteiger partial charge in [-0.25, -0.2) is 4.98 Å². The summed E-state index contributed by atoms with van der Waals surface area (Å²) in [4.78, 5) is 4.38. The first kappa shape index (κ1) is 12.9. The molecule has 4 nitrogen and oxygen atoms in total. The van der Waals surface area contributed by atoms with Crippen LogP contribution >= 0.6 is 11.6 Å². The number of benzene rings is 1. The van der Waals surface area contributed by atoms with Crippen molar-refractivity contribution in [3.63, 3.8) is 0 Å². The van der Waals surface area contributed by atoms with Gasteiger partial charge in [0, 0.05) is 18.6 Å². The third-order valence-electron chi connectivity index (χ3n) is 2.90. The SMILES string of the molecule is CNc1nc(C)n(Cc2ccc(Cl)cc2)c1CO. The van der Waals surface area contributed by atoms with Gasteiger partial charge in [-0.3, -0.25) is 0 Å². The van der Waals surface area contributed by atoms with E-state index in [4.69, 9.17) is 11.6 Å². The number of hydrogen-bond donors (Lipinski definition) is 2. The van der Waals surface area contributed by atoms with Crippen LogP contribution in [-0.2, 0) is 13.2 Å². The molecule has 2 aromatic rings. The Labute approximate surface area is 111 Å². The second-order valence-corrected chi connectivity index (χ2v) is 4.51. The first-order chi connectivity index (χ1) is 8.65. The van der Waals surface area contributed by atoms with Crippen LogP contribution < -0.4 is 5.32 Å². The molecule has 96 valence electrons. The van der Waals surface area contributed by atoms with Crippen LogP contribution in [0.4, 0.5) is 5.82 Å². The predicted octanol–water partition coefficient (Wildman–Crippen LogP) is 2.43. The maximum absolute atomic E-state index is 9.44. The van der Waals surface area contributed by atoms with Crippen molar-refractivity contribution in [2.75, 3.05) is 12.4 Å². The Bertz CT molecular complexity index is 534. The summed E-state index contributed by atoms with van der Waals surface area (Å²) in [5, 5.41) is 13.2. The molecule has 0 fully saturated rings. The van der Waals surface area contributed by atoms with Gasteiger partial charge in [0.05, 0.1) is 12.3 Å². The number of nitrogens with one attached hydrogen (secondary N) is 1. The van der Waals surface area contributed by atoms with E-state index >= 15 is 0 Å². The van der Waals surface area contributed by atoms with Gasteiger partial charge in [-0.15, -0.1) is 0 Å². The van der Waals surface area contributed by atoms with Gasteiger partial charge in [0.25, 0.3) is 0 Å². The van der Waals surface area contributed by atoms with E-state index in [1.54, 1.807) is 7.05 Å². The van der Waals surface area contributed by atoms with E-state index < -0.39 is 0 Å². The molecule has 0 bridgehead atoms. The van der Waals surface area contributed by atoms with Gasteiger partial charge in [0.15, 0.2) is 0 Å². The molecule has 0 atom stereocenters. The fraction of sp³-hybridized carbons (Fsp3) is 0.308. The molecule has 0 unspecified atom stereocenters. The third-order valence-corrected chi connectivity index (χ3v) is 3.16. The fourth-order valence-electron chi connectivity index (χ4n) is 1.95. The molecule has 1 heterocycles. The molecule has 18 heavy (non-hydrogen) atoms. The number of aliphatic hydroxyl groups excluding tert-OH is 1. The van der Waals surface area contributed by atoms with Gasteiger partial charge < -0.3 is 15.0 Å². The molecule has 0 aliphatic heterocycles. The minimum absolute atomic E-state index is 0.0371. The highest BCUT2D eigenvalue weighted by Gasteiger charge is 2.12. The van der Waals surface area contributed by atoms with Crippen molar-refractivity contribution in [3.05, 3.63) is 46.4 Å². The van der Waals surface area contributed by atoms with Crippen molar-refractivity contribution in [1.82, 2.24) is 9.55 Å². The Hall–Kier alpha value is -1.52. The highest BCUT2D eigenvalue weighted by Crippen LogP contribution is 2.19. The summed E-state index contributed by atoms with van der Waals surface area (Å²) in [6.07, 6.45) is 0. The lowest BCUT2D eigenvalue weighted by Gasteiger charge is -2.09. The molecule has 0 saturated heterocycles. The lowest BCUT2D eigenvalue weighted by molar-refractivity contribution is 0.272. The minimum Gasteiger partial charge on any atom is -0.390 e. The maximum atomic E-state index is 9.44. The molecule has 2 N–H and O–H groups in total. The number of nitrogens with zero attached hydrogens (tertiary/aromatic N) is 2. The van der Waals surface area contributed by atoms with Gasteiger partial charge >= 0.3 is 0 Å². The summed E-state index contributed by atoms with van der Waals surface area (Å²) in [5.41, 5.74) is 1.92. The predicted molar refractivity (Wildman–Crippen MR) is 73.0 cm³/mol. The number of hydrogen-bond acceptors (Lipinski definition) is 3. The molecular weight excluding hydrogens is 250 g/mol. The molecule has 1 aromatic heterocycles. The Kier molecular flexibility index (Phi) is 3.89.